The normalized spacial score (nSPS) is 16.3. The van der Waals surface area contributed by atoms with E-state index >= 15 is 0 Å². The summed E-state index contributed by atoms with van der Waals surface area (Å²) >= 11 is 0. The van der Waals surface area contributed by atoms with Crippen LogP contribution in [0.25, 0.3) is 22.3 Å². The molecule has 4 aromatic carbocycles. The quantitative estimate of drug-likeness (QED) is 0.186. The third kappa shape index (κ3) is 5.51. The van der Waals surface area contributed by atoms with Gasteiger partial charge >= 0.3 is 0 Å². The molecule has 0 atom stereocenters. The van der Waals surface area contributed by atoms with Crippen LogP contribution in [0, 0.1) is 11.2 Å². The van der Waals surface area contributed by atoms with Crippen LogP contribution >= 0.6 is 0 Å². The number of rotatable bonds is 8. The lowest BCUT2D eigenvalue weighted by Gasteiger charge is -2.29. The molecule has 0 amide bonds. The summed E-state index contributed by atoms with van der Waals surface area (Å²) < 4.78 is 44.3. The number of benzene rings is 4. The van der Waals surface area contributed by atoms with Crippen molar-refractivity contribution in [2.24, 2.45) is 10.6 Å². The highest BCUT2D eigenvalue weighted by atomic mass is 32.2. The number of halogens is 1. The van der Waals surface area contributed by atoms with Crippen molar-refractivity contribution < 1.29 is 22.4 Å². The summed E-state index contributed by atoms with van der Waals surface area (Å²) in [5, 5.41) is 8.01. The van der Waals surface area contributed by atoms with Crippen molar-refractivity contribution in [1.29, 1.82) is 0 Å². The van der Waals surface area contributed by atoms with Gasteiger partial charge in [0.05, 0.1) is 28.3 Å². The van der Waals surface area contributed by atoms with E-state index in [2.05, 4.69) is 24.3 Å². The van der Waals surface area contributed by atoms with E-state index in [0.717, 1.165) is 53.6 Å². The molecule has 0 saturated heterocycles. The lowest BCUT2D eigenvalue weighted by Crippen LogP contribution is -2.21. The highest BCUT2D eigenvalue weighted by Gasteiger charge is 2.32. The highest BCUT2D eigenvalue weighted by molar-refractivity contribution is 7.92. The first-order chi connectivity index (χ1) is 20.1. The third-order valence-electron chi connectivity index (χ3n) is 8.24. The van der Waals surface area contributed by atoms with Crippen LogP contribution in [0.15, 0.2) is 93.8 Å². The minimum Gasteiger partial charge on any atom is -0.497 e. The lowest BCUT2D eigenvalue weighted by atomic mass is 9.77. The fourth-order valence-electron chi connectivity index (χ4n) is 5.46. The molecule has 2 bridgehead atoms. The van der Waals surface area contributed by atoms with Gasteiger partial charge in [-0.2, -0.15) is 0 Å². The number of fused-ring (bicyclic) bond motifs is 2. The maximum atomic E-state index is 13.7. The second-order valence-corrected chi connectivity index (χ2v) is 13.6. The molecular formula is C34H33FN2O4S. The number of sulfone groups is 1. The number of hydrogen-bond acceptors (Lipinski definition) is 6. The zero-order chi connectivity index (χ0) is 29.5. The molecule has 1 saturated carbocycles. The first kappa shape index (κ1) is 28.0. The van der Waals surface area contributed by atoms with Gasteiger partial charge < -0.3 is 14.9 Å². The van der Waals surface area contributed by atoms with Crippen LogP contribution in [0.3, 0.4) is 0 Å². The summed E-state index contributed by atoms with van der Waals surface area (Å²) in [6.45, 7) is 4.98. The monoisotopic (exact) mass is 584 g/mol. The summed E-state index contributed by atoms with van der Waals surface area (Å²) in [4.78, 5) is 6.70. The number of anilines is 1. The first-order valence-corrected chi connectivity index (χ1v) is 15.5. The summed E-state index contributed by atoms with van der Waals surface area (Å²) in [7, 11) is -1.77. The summed E-state index contributed by atoms with van der Waals surface area (Å²) in [6, 6.07) is 22.9. The van der Waals surface area contributed by atoms with Gasteiger partial charge in [-0.25, -0.2) is 12.8 Å². The number of methoxy groups -OCH3 is 1. The van der Waals surface area contributed by atoms with Crippen LogP contribution in [-0.2, 0) is 16.4 Å². The average molecular weight is 585 g/mol. The topological polar surface area (TPSA) is 77.0 Å². The van der Waals surface area contributed by atoms with Gasteiger partial charge in [-0.15, -0.1) is 0 Å². The molecule has 4 aromatic rings. The molecule has 6 nitrogen and oxygen atoms in total. The van der Waals surface area contributed by atoms with Gasteiger partial charge in [0.25, 0.3) is 0 Å². The smallest absolute Gasteiger partial charge is 0.207 e. The van der Waals surface area contributed by atoms with Crippen molar-refractivity contribution in [1.82, 2.24) is 0 Å². The zero-order valence-electron chi connectivity index (χ0n) is 23.9. The van der Waals surface area contributed by atoms with E-state index in [-0.39, 0.29) is 5.82 Å². The van der Waals surface area contributed by atoms with E-state index in [1.54, 1.807) is 31.4 Å². The Morgan fingerprint density at radius 3 is 2.31 bits per heavy atom. The van der Waals surface area contributed by atoms with Crippen molar-refractivity contribution in [3.05, 3.63) is 90.2 Å². The van der Waals surface area contributed by atoms with Crippen molar-refractivity contribution >= 4 is 21.2 Å². The van der Waals surface area contributed by atoms with E-state index in [9.17, 15) is 12.8 Å². The van der Waals surface area contributed by atoms with Gasteiger partial charge in [-0.1, -0.05) is 49.3 Å². The number of oxime groups is 1. The van der Waals surface area contributed by atoms with E-state index in [4.69, 9.17) is 9.57 Å². The largest absolute Gasteiger partial charge is 0.497 e. The van der Waals surface area contributed by atoms with Crippen molar-refractivity contribution in [3.63, 3.8) is 0 Å². The molecule has 7 rings (SSSR count). The maximum Gasteiger partial charge on any atom is 0.207 e. The molecule has 0 unspecified atom stereocenters. The molecule has 0 aromatic heterocycles. The Morgan fingerprint density at radius 2 is 1.62 bits per heavy atom. The summed E-state index contributed by atoms with van der Waals surface area (Å²) in [5.41, 5.74) is 6.18. The van der Waals surface area contributed by atoms with Gasteiger partial charge in [0.1, 0.15) is 11.6 Å². The fraction of sp³-hybridized carbons (Fsp3) is 0.265. The Labute approximate surface area is 246 Å². The Balaban J connectivity index is 1.33. The molecule has 0 spiro atoms. The van der Waals surface area contributed by atoms with Crippen LogP contribution in [0.2, 0.25) is 0 Å². The Bertz CT molecular complexity index is 1780. The minimum absolute atomic E-state index is 0.300. The zero-order valence-corrected chi connectivity index (χ0v) is 24.7. The Kier molecular flexibility index (Phi) is 7.27. The predicted molar refractivity (Wildman–Crippen MR) is 163 cm³/mol. The molecule has 216 valence electrons. The molecule has 42 heavy (non-hydrogen) atoms. The number of nitrogens with zero attached hydrogens (tertiary/aromatic N) is 1. The van der Waals surface area contributed by atoms with Crippen molar-refractivity contribution in [3.8, 4) is 33.8 Å². The molecule has 0 radical (unpaired) electrons. The van der Waals surface area contributed by atoms with E-state index < -0.39 is 9.84 Å². The molecular weight excluding hydrogens is 551 g/mol. The second-order valence-electron chi connectivity index (χ2n) is 11.7. The SMILES string of the molecule is COc1ccc(CNc2cc(-c3ccc4cc3S4(=O)=O)ccc2ON=C2CCC(C)(C)CC2)c(-c2ccc(F)cc2)c1. The molecule has 1 aliphatic carbocycles. The minimum atomic E-state index is -3.38. The average Bonchev–Trinajstić information content (AvgIpc) is 3.00. The molecule has 8 heteroatoms. The lowest BCUT2D eigenvalue weighted by molar-refractivity contribution is 0.288. The van der Waals surface area contributed by atoms with Crippen LogP contribution < -0.4 is 14.9 Å². The van der Waals surface area contributed by atoms with Crippen LogP contribution in [0.4, 0.5) is 10.1 Å². The molecule has 1 N–H and O–H groups in total. The number of ether oxygens (including phenoxy) is 1. The van der Waals surface area contributed by atoms with E-state index in [1.165, 1.54) is 12.1 Å². The second kappa shape index (κ2) is 10.9. The van der Waals surface area contributed by atoms with Crippen LogP contribution in [0.1, 0.15) is 45.1 Å². The highest BCUT2D eigenvalue weighted by Crippen LogP contribution is 2.42. The fourth-order valence-corrected chi connectivity index (χ4v) is 6.81. The van der Waals surface area contributed by atoms with Gasteiger partial charge in [-0.05, 0) is 102 Å². The van der Waals surface area contributed by atoms with Crippen molar-refractivity contribution in [2.45, 2.75) is 55.9 Å². The van der Waals surface area contributed by atoms with Gasteiger partial charge in [0, 0.05) is 12.1 Å². The molecule has 1 fully saturated rings. The predicted octanol–water partition coefficient (Wildman–Crippen LogP) is 8.26. The van der Waals surface area contributed by atoms with Gasteiger partial charge in [0.2, 0.25) is 9.84 Å². The van der Waals surface area contributed by atoms with Gasteiger partial charge in [-0.3, -0.25) is 0 Å². The number of hydrogen-bond donors (Lipinski definition) is 1. The summed E-state index contributed by atoms with van der Waals surface area (Å²) in [6.07, 6.45) is 3.93. The molecule has 2 aliphatic heterocycles. The molecule has 3 aliphatic rings. The number of nitrogens with one attached hydrogen (secondary N) is 1. The third-order valence-corrected chi connectivity index (χ3v) is 10.0. The molecule has 2 heterocycles. The Morgan fingerprint density at radius 1 is 0.881 bits per heavy atom. The first-order valence-electron chi connectivity index (χ1n) is 14.1. The van der Waals surface area contributed by atoms with Gasteiger partial charge in [0.15, 0.2) is 5.75 Å². The Hall–Kier alpha value is -4.17. The van der Waals surface area contributed by atoms with E-state index in [1.807, 2.05) is 42.5 Å². The maximum absolute atomic E-state index is 13.7. The van der Waals surface area contributed by atoms with Crippen LogP contribution in [0.5, 0.6) is 11.5 Å². The van der Waals surface area contributed by atoms with Crippen molar-refractivity contribution in [2.75, 3.05) is 12.4 Å². The van der Waals surface area contributed by atoms with Crippen LogP contribution in [-0.4, -0.2) is 21.2 Å². The summed E-state index contributed by atoms with van der Waals surface area (Å²) in [5.74, 6) is 0.943. The van der Waals surface area contributed by atoms with E-state index in [0.29, 0.717) is 44.5 Å². The standard InChI is InChI=1S/C34H33FN2O4S/c1-34(2)16-14-26(15-17-34)37-41-32-13-7-23(29-12-11-28-20-33(29)42(28,38)39)18-31(32)36-21-24-6-10-27(40-3)19-30(24)22-4-8-25(35)9-5-22/h4-13,18-20,36H,14-17,21H2,1-3H3.